The van der Waals surface area contributed by atoms with Gasteiger partial charge in [-0.1, -0.05) is 18.2 Å². The molecule has 1 unspecified atom stereocenters. The van der Waals surface area contributed by atoms with Gasteiger partial charge in [-0.05, 0) is 18.2 Å². The zero-order valence-electron chi connectivity index (χ0n) is 20.4. The van der Waals surface area contributed by atoms with E-state index in [0.29, 0.717) is 45.3 Å². The van der Waals surface area contributed by atoms with Gasteiger partial charge in [0.15, 0.2) is 5.65 Å². The number of benzene rings is 1. The van der Waals surface area contributed by atoms with Crippen molar-refractivity contribution in [2.24, 2.45) is 0 Å². The Hall–Kier alpha value is -4.09. The third kappa shape index (κ3) is 4.25. The van der Waals surface area contributed by atoms with E-state index in [0.717, 1.165) is 39.6 Å². The molecule has 4 aromatic rings. The lowest BCUT2D eigenvalue weighted by Gasteiger charge is -2.34. The van der Waals surface area contributed by atoms with Crippen LogP contribution < -0.4 is 9.64 Å². The number of carbonyl (C=O) groups excluding carboxylic acids is 1. The van der Waals surface area contributed by atoms with Crippen LogP contribution in [0.4, 0.5) is 5.95 Å². The van der Waals surface area contributed by atoms with E-state index in [1.165, 1.54) is 0 Å². The number of imidazole rings is 1. The summed E-state index contributed by atoms with van der Waals surface area (Å²) in [5.74, 6) is 1.98. The molecule has 2 aliphatic rings. The van der Waals surface area contributed by atoms with Crippen molar-refractivity contribution in [2.45, 2.75) is 12.6 Å². The second kappa shape index (κ2) is 9.75. The van der Waals surface area contributed by atoms with Crippen molar-refractivity contribution in [1.82, 2.24) is 29.4 Å². The van der Waals surface area contributed by atoms with Crippen molar-refractivity contribution in [3.05, 3.63) is 60.2 Å². The number of aliphatic hydroxyl groups is 1. The fraction of sp³-hybridized carbons (Fsp3) is 0.346. The number of hydrogen-bond acceptors (Lipinski definition) is 9. The van der Waals surface area contributed by atoms with Gasteiger partial charge in [-0.25, -0.2) is 19.9 Å². The molecule has 3 aromatic heterocycles. The molecule has 37 heavy (non-hydrogen) atoms. The summed E-state index contributed by atoms with van der Waals surface area (Å²) in [5, 5.41) is 9.07. The number of ether oxygens (including phenoxy) is 2. The molecule has 1 N–H and O–H groups in total. The van der Waals surface area contributed by atoms with Crippen LogP contribution >= 0.6 is 0 Å². The SMILES string of the molecule is COc1ccccc1C1COCc2nc3ccc(-c4cnc(N5CCN(C(=O)CO)CC5)nc4)nc3n21. The number of carbonyl (C=O) groups is 1. The van der Waals surface area contributed by atoms with Crippen molar-refractivity contribution < 1.29 is 19.4 Å². The number of amides is 1. The van der Waals surface area contributed by atoms with Crippen LogP contribution in [0.3, 0.4) is 0 Å². The molecule has 1 atom stereocenters. The standard InChI is InChI=1S/C26H27N7O4/c1-36-22-5-3-2-4-18(22)21-15-37-16-23-29-20-7-6-19(30-25(20)33(21)23)17-12-27-26(28-13-17)32-10-8-31(9-11-32)24(35)14-34/h2-7,12-13,21,34H,8-11,14-16H2,1H3. The molecule has 5 heterocycles. The third-order valence-electron chi connectivity index (χ3n) is 6.91. The lowest BCUT2D eigenvalue weighted by Crippen LogP contribution is -2.50. The van der Waals surface area contributed by atoms with E-state index in [-0.39, 0.29) is 11.9 Å². The Kier molecular flexibility index (Phi) is 6.15. The molecule has 11 heteroatoms. The molecule has 0 saturated carbocycles. The topological polar surface area (TPSA) is 119 Å². The maximum Gasteiger partial charge on any atom is 0.248 e. The van der Waals surface area contributed by atoms with Gasteiger partial charge in [-0.3, -0.25) is 4.79 Å². The Bertz CT molecular complexity index is 1430. The van der Waals surface area contributed by atoms with E-state index < -0.39 is 6.61 Å². The molecule has 2 aliphatic heterocycles. The van der Waals surface area contributed by atoms with Crippen LogP contribution in [-0.2, 0) is 16.1 Å². The number of para-hydroxylation sites is 1. The molecule has 1 fully saturated rings. The van der Waals surface area contributed by atoms with Crippen LogP contribution in [0.2, 0.25) is 0 Å². The van der Waals surface area contributed by atoms with Crippen molar-refractivity contribution in [1.29, 1.82) is 0 Å². The number of rotatable bonds is 5. The first-order valence-corrected chi connectivity index (χ1v) is 12.2. The Morgan fingerprint density at radius 1 is 1.08 bits per heavy atom. The Balaban J connectivity index is 1.29. The quantitative estimate of drug-likeness (QED) is 0.435. The van der Waals surface area contributed by atoms with Gasteiger partial charge in [0.1, 0.15) is 30.3 Å². The predicted octanol–water partition coefficient (Wildman–Crippen LogP) is 1.66. The molecule has 0 aliphatic carbocycles. The maximum absolute atomic E-state index is 11.7. The minimum absolute atomic E-state index is 0.109. The van der Waals surface area contributed by atoms with E-state index >= 15 is 0 Å². The van der Waals surface area contributed by atoms with Crippen molar-refractivity contribution in [3.8, 4) is 17.0 Å². The van der Waals surface area contributed by atoms with Gasteiger partial charge in [-0.15, -0.1) is 0 Å². The van der Waals surface area contributed by atoms with Gasteiger partial charge in [0.2, 0.25) is 11.9 Å². The molecule has 1 saturated heterocycles. The molecular weight excluding hydrogens is 474 g/mol. The first kappa shape index (κ1) is 23.3. The number of fused-ring (bicyclic) bond motifs is 3. The summed E-state index contributed by atoms with van der Waals surface area (Å²) >= 11 is 0. The van der Waals surface area contributed by atoms with E-state index in [1.54, 1.807) is 24.4 Å². The molecule has 0 spiro atoms. The number of aromatic nitrogens is 5. The normalized spacial score (nSPS) is 17.6. The molecule has 1 amide bonds. The summed E-state index contributed by atoms with van der Waals surface area (Å²) < 4.78 is 13.6. The van der Waals surface area contributed by atoms with Crippen LogP contribution in [0.5, 0.6) is 5.75 Å². The average Bonchev–Trinajstić information content (AvgIpc) is 3.35. The fourth-order valence-electron chi connectivity index (χ4n) is 4.99. The summed E-state index contributed by atoms with van der Waals surface area (Å²) in [6.07, 6.45) is 3.55. The Morgan fingerprint density at radius 3 is 2.62 bits per heavy atom. The fourth-order valence-corrected chi connectivity index (χ4v) is 4.99. The molecule has 11 nitrogen and oxygen atoms in total. The molecule has 0 bridgehead atoms. The van der Waals surface area contributed by atoms with E-state index in [1.807, 2.05) is 41.3 Å². The van der Waals surface area contributed by atoms with Crippen molar-refractivity contribution in [3.63, 3.8) is 0 Å². The van der Waals surface area contributed by atoms with Gasteiger partial charge in [-0.2, -0.15) is 0 Å². The van der Waals surface area contributed by atoms with Gasteiger partial charge < -0.3 is 28.9 Å². The van der Waals surface area contributed by atoms with Gasteiger partial charge >= 0.3 is 0 Å². The summed E-state index contributed by atoms with van der Waals surface area (Å²) in [7, 11) is 1.67. The van der Waals surface area contributed by atoms with Gasteiger partial charge in [0.25, 0.3) is 0 Å². The minimum Gasteiger partial charge on any atom is -0.496 e. The lowest BCUT2D eigenvalue weighted by atomic mass is 10.1. The first-order chi connectivity index (χ1) is 18.2. The number of methoxy groups -OCH3 is 1. The van der Waals surface area contributed by atoms with Crippen LogP contribution in [0, 0.1) is 0 Å². The van der Waals surface area contributed by atoms with Gasteiger partial charge in [0.05, 0.1) is 25.5 Å². The number of pyridine rings is 1. The number of anilines is 1. The zero-order chi connectivity index (χ0) is 25.4. The monoisotopic (exact) mass is 501 g/mol. The zero-order valence-corrected chi connectivity index (χ0v) is 20.4. The molecular formula is C26H27N7O4. The largest absolute Gasteiger partial charge is 0.496 e. The summed E-state index contributed by atoms with van der Waals surface area (Å²) in [5.41, 5.74) is 4.16. The number of piperazine rings is 1. The smallest absolute Gasteiger partial charge is 0.248 e. The summed E-state index contributed by atoms with van der Waals surface area (Å²) in [6.45, 7) is 2.76. The van der Waals surface area contributed by atoms with E-state index in [2.05, 4.69) is 14.5 Å². The van der Waals surface area contributed by atoms with E-state index in [9.17, 15) is 4.79 Å². The van der Waals surface area contributed by atoms with Crippen LogP contribution in [-0.4, -0.2) is 86.9 Å². The minimum atomic E-state index is -0.463. The number of aliphatic hydroxyl groups excluding tert-OH is 1. The van der Waals surface area contributed by atoms with Crippen LogP contribution in [0.1, 0.15) is 17.4 Å². The highest BCUT2D eigenvalue weighted by atomic mass is 16.5. The predicted molar refractivity (Wildman–Crippen MR) is 135 cm³/mol. The Labute approximate surface area is 213 Å². The maximum atomic E-state index is 11.7. The van der Waals surface area contributed by atoms with Crippen LogP contribution in [0.15, 0.2) is 48.8 Å². The highest BCUT2D eigenvalue weighted by Gasteiger charge is 2.28. The Morgan fingerprint density at radius 2 is 1.86 bits per heavy atom. The van der Waals surface area contributed by atoms with Gasteiger partial charge in [0, 0.05) is 49.7 Å². The molecule has 6 rings (SSSR count). The molecule has 0 radical (unpaired) electrons. The summed E-state index contributed by atoms with van der Waals surface area (Å²) in [6, 6.07) is 11.7. The third-order valence-corrected chi connectivity index (χ3v) is 6.91. The van der Waals surface area contributed by atoms with Crippen LogP contribution in [0.25, 0.3) is 22.4 Å². The summed E-state index contributed by atoms with van der Waals surface area (Å²) in [4.78, 5) is 34.3. The highest BCUT2D eigenvalue weighted by molar-refractivity contribution is 5.78. The van der Waals surface area contributed by atoms with Crippen molar-refractivity contribution >= 4 is 23.0 Å². The average molecular weight is 502 g/mol. The second-order valence-electron chi connectivity index (χ2n) is 9.01. The number of hydrogen-bond donors (Lipinski definition) is 1. The highest BCUT2D eigenvalue weighted by Crippen LogP contribution is 2.35. The first-order valence-electron chi connectivity index (χ1n) is 12.2. The molecule has 1 aromatic carbocycles. The second-order valence-corrected chi connectivity index (χ2v) is 9.01. The molecule has 190 valence electrons. The van der Waals surface area contributed by atoms with E-state index in [4.69, 9.17) is 24.5 Å². The lowest BCUT2D eigenvalue weighted by molar-refractivity contribution is -0.134. The number of nitrogens with zero attached hydrogens (tertiary/aromatic N) is 7. The van der Waals surface area contributed by atoms with Crippen molar-refractivity contribution in [2.75, 3.05) is 51.4 Å².